The summed E-state index contributed by atoms with van der Waals surface area (Å²) in [6.45, 7) is 1.87. The fourth-order valence-electron chi connectivity index (χ4n) is 5.26. The predicted molar refractivity (Wildman–Crippen MR) is 151 cm³/mol. The Balaban J connectivity index is 1.27. The van der Waals surface area contributed by atoms with Crippen molar-refractivity contribution in [2.24, 2.45) is 5.92 Å². The number of nitrogens with one attached hydrogen (secondary N) is 3. The van der Waals surface area contributed by atoms with Crippen molar-refractivity contribution in [2.45, 2.75) is 26.2 Å². The minimum absolute atomic E-state index is 0.0637. The molecule has 1 saturated carbocycles. The maximum Gasteiger partial charge on any atom is 0.227 e. The van der Waals surface area contributed by atoms with Crippen LogP contribution in [0.15, 0.2) is 73.2 Å². The lowest BCUT2D eigenvalue weighted by Gasteiger charge is -2.24. The van der Waals surface area contributed by atoms with E-state index in [0.29, 0.717) is 11.4 Å². The van der Waals surface area contributed by atoms with Gasteiger partial charge in [-0.1, -0.05) is 12.5 Å². The predicted octanol–water partition coefficient (Wildman–Crippen LogP) is 7.02. The van der Waals surface area contributed by atoms with E-state index in [-0.39, 0.29) is 17.6 Å². The summed E-state index contributed by atoms with van der Waals surface area (Å²) in [7, 11) is 0. The molecule has 0 unspecified atom stereocenters. The van der Waals surface area contributed by atoms with Crippen molar-refractivity contribution in [3.05, 3.63) is 84.6 Å². The number of hydrogen-bond acceptors (Lipinski definition) is 4. The van der Waals surface area contributed by atoms with Gasteiger partial charge in [0.15, 0.2) is 0 Å². The van der Waals surface area contributed by atoms with E-state index >= 15 is 0 Å². The second-order valence-corrected chi connectivity index (χ2v) is 10.2. The van der Waals surface area contributed by atoms with Gasteiger partial charge < -0.3 is 10.3 Å². The zero-order chi connectivity index (χ0) is 26.5. The van der Waals surface area contributed by atoms with Gasteiger partial charge in [-0.25, -0.2) is 4.39 Å². The highest BCUT2D eigenvalue weighted by molar-refractivity contribution is 6.01. The summed E-state index contributed by atoms with van der Waals surface area (Å²) >= 11 is 0. The normalized spacial score (nSPS) is 13.6. The Morgan fingerprint density at radius 3 is 2.62 bits per heavy atom. The van der Waals surface area contributed by atoms with Crippen LogP contribution in [0, 0.1) is 18.7 Å². The summed E-state index contributed by atoms with van der Waals surface area (Å²) in [5.41, 5.74) is 8.23. The van der Waals surface area contributed by atoms with Crippen LogP contribution < -0.4 is 5.32 Å². The summed E-state index contributed by atoms with van der Waals surface area (Å²) in [6.07, 6.45) is 8.21. The number of fused-ring (bicyclic) bond motifs is 2. The summed E-state index contributed by atoms with van der Waals surface area (Å²) < 4.78 is 14.2. The SMILES string of the molecule is Cc1cc(F)cc(-c2nccc3[nH]c(-c4n[nH]c5ccc(-c6cncc(NC(=O)C7CCC7)c6)cc45)cc23)c1. The van der Waals surface area contributed by atoms with Crippen LogP contribution in [0.2, 0.25) is 0 Å². The molecule has 7 nitrogen and oxygen atoms in total. The number of pyridine rings is 2. The number of hydrogen-bond donors (Lipinski definition) is 3. The average molecular weight is 517 g/mol. The van der Waals surface area contributed by atoms with E-state index in [1.165, 1.54) is 12.1 Å². The molecule has 3 N–H and O–H groups in total. The van der Waals surface area contributed by atoms with E-state index in [4.69, 9.17) is 0 Å². The van der Waals surface area contributed by atoms with E-state index in [1.807, 2.05) is 43.3 Å². The second-order valence-electron chi connectivity index (χ2n) is 10.2. The summed E-state index contributed by atoms with van der Waals surface area (Å²) in [6, 6.07) is 16.9. The smallest absolute Gasteiger partial charge is 0.227 e. The van der Waals surface area contributed by atoms with Gasteiger partial charge in [0.2, 0.25) is 5.91 Å². The topological polar surface area (TPSA) is 99.3 Å². The van der Waals surface area contributed by atoms with Gasteiger partial charge in [-0.3, -0.25) is 19.9 Å². The third-order valence-electron chi connectivity index (χ3n) is 7.50. The van der Waals surface area contributed by atoms with E-state index in [2.05, 4.69) is 36.5 Å². The molecule has 8 heteroatoms. The lowest BCUT2D eigenvalue weighted by atomic mass is 9.85. The van der Waals surface area contributed by atoms with Gasteiger partial charge in [-0.05, 0) is 79.4 Å². The van der Waals surface area contributed by atoms with E-state index in [0.717, 1.165) is 74.7 Å². The number of aryl methyl sites for hydroxylation is 1. The molecule has 4 aromatic heterocycles. The highest BCUT2D eigenvalue weighted by Gasteiger charge is 2.25. The molecular formula is C31H25FN6O. The van der Waals surface area contributed by atoms with E-state index < -0.39 is 0 Å². The minimum atomic E-state index is -0.286. The number of benzene rings is 2. The molecule has 0 spiro atoms. The van der Waals surface area contributed by atoms with Gasteiger partial charge in [-0.15, -0.1) is 0 Å². The molecule has 1 amide bonds. The third-order valence-corrected chi connectivity index (χ3v) is 7.50. The minimum Gasteiger partial charge on any atom is -0.353 e. The first-order valence-electron chi connectivity index (χ1n) is 13.0. The lowest BCUT2D eigenvalue weighted by molar-refractivity contribution is -0.122. The molecule has 1 aliphatic rings. The number of nitrogens with zero attached hydrogens (tertiary/aromatic N) is 3. The Labute approximate surface area is 223 Å². The number of carbonyl (C=O) groups excluding carboxylic acids is 1. The van der Waals surface area contributed by atoms with Gasteiger partial charge in [0.05, 0.1) is 28.8 Å². The molecule has 0 bridgehead atoms. The maximum atomic E-state index is 14.2. The van der Waals surface area contributed by atoms with E-state index in [1.54, 1.807) is 18.6 Å². The molecule has 0 atom stereocenters. The molecule has 0 radical (unpaired) electrons. The molecule has 1 aliphatic carbocycles. The van der Waals surface area contributed by atoms with Crippen molar-refractivity contribution in [3.8, 4) is 33.8 Å². The van der Waals surface area contributed by atoms with E-state index in [9.17, 15) is 9.18 Å². The fourth-order valence-corrected chi connectivity index (χ4v) is 5.26. The second kappa shape index (κ2) is 9.16. The monoisotopic (exact) mass is 516 g/mol. The molecule has 0 aliphatic heterocycles. The molecule has 4 heterocycles. The highest BCUT2D eigenvalue weighted by Crippen LogP contribution is 2.35. The molecule has 7 rings (SSSR count). The van der Waals surface area contributed by atoms with Crippen molar-refractivity contribution in [1.29, 1.82) is 0 Å². The van der Waals surface area contributed by atoms with Crippen LogP contribution in [-0.2, 0) is 4.79 Å². The lowest BCUT2D eigenvalue weighted by Crippen LogP contribution is -2.28. The number of aromatic nitrogens is 5. The largest absolute Gasteiger partial charge is 0.353 e. The number of carbonyl (C=O) groups is 1. The van der Waals surface area contributed by atoms with Gasteiger partial charge in [0.25, 0.3) is 0 Å². The maximum absolute atomic E-state index is 14.2. The Kier molecular flexibility index (Phi) is 5.47. The van der Waals surface area contributed by atoms with Gasteiger partial charge >= 0.3 is 0 Å². The first-order chi connectivity index (χ1) is 19.0. The Morgan fingerprint density at radius 2 is 1.79 bits per heavy atom. The molecular weight excluding hydrogens is 491 g/mol. The molecule has 1 fully saturated rings. The van der Waals surface area contributed by atoms with Gasteiger partial charge in [0.1, 0.15) is 11.5 Å². The number of rotatable bonds is 5. The van der Waals surface area contributed by atoms with Crippen molar-refractivity contribution in [2.75, 3.05) is 5.32 Å². The Bertz CT molecular complexity index is 1860. The number of H-pyrrole nitrogens is 2. The van der Waals surface area contributed by atoms with Crippen molar-refractivity contribution < 1.29 is 9.18 Å². The van der Waals surface area contributed by atoms with Crippen molar-refractivity contribution in [1.82, 2.24) is 25.1 Å². The quantitative estimate of drug-likeness (QED) is 0.229. The molecule has 2 aromatic carbocycles. The average Bonchev–Trinajstić information content (AvgIpc) is 3.50. The van der Waals surface area contributed by atoms with Gasteiger partial charge in [0, 0.05) is 45.7 Å². The van der Waals surface area contributed by atoms with Crippen LogP contribution in [0.1, 0.15) is 24.8 Å². The standard InChI is InChI=1S/C31H25FN6O/c1-17-9-20(11-22(32)10-17)29-25-14-28(36-26(25)7-8-34-29)30-24-13-19(5-6-27(24)37-38-30)21-12-23(16-33-15-21)35-31(39)18-3-2-4-18/h5-16,18,36H,2-4H2,1H3,(H,35,39)(H,37,38). The first-order valence-corrected chi connectivity index (χ1v) is 13.0. The summed E-state index contributed by atoms with van der Waals surface area (Å²) in [4.78, 5) is 24.8. The molecule has 192 valence electrons. The fraction of sp³-hybridized carbons (Fsp3) is 0.161. The Morgan fingerprint density at radius 1 is 0.923 bits per heavy atom. The zero-order valence-corrected chi connectivity index (χ0v) is 21.3. The molecule has 0 saturated heterocycles. The Hall–Kier alpha value is -4.85. The van der Waals surface area contributed by atoms with Crippen LogP contribution in [0.4, 0.5) is 10.1 Å². The molecule has 6 aromatic rings. The van der Waals surface area contributed by atoms with Crippen molar-refractivity contribution >= 4 is 33.4 Å². The van der Waals surface area contributed by atoms with Gasteiger partial charge in [-0.2, -0.15) is 5.10 Å². The zero-order valence-electron chi connectivity index (χ0n) is 21.3. The number of halogens is 1. The summed E-state index contributed by atoms with van der Waals surface area (Å²) in [5, 5.41) is 12.6. The highest BCUT2D eigenvalue weighted by atomic mass is 19.1. The summed E-state index contributed by atoms with van der Waals surface area (Å²) in [5.74, 6) is -0.115. The first kappa shape index (κ1) is 23.3. The number of aromatic amines is 2. The molecule has 39 heavy (non-hydrogen) atoms. The van der Waals surface area contributed by atoms with Crippen LogP contribution >= 0.6 is 0 Å². The third kappa shape index (κ3) is 4.24. The van der Waals surface area contributed by atoms with Crippen LogP contribution in [0.3, 0.4) is 0 Å². The van der Waals surface area contributed by atoms with Crippen molar-refractivity contribution in [3.63, 3.8) is 0 Å². The van der Waals surface area contributed by atoms with Crippen LogP contribution in [0.25, 0.3) is 55.6 Å². The number of anilines is 1. The van der Waals surface area contributed by atoms with Crippen LogP contribution in [-0.4, -0.2) is 31.1 Å². The number of amides is 1. The van der Waals surface area contributed by atoms with Crippen LogP contribution in [0.5, 0.6) is 0 Å².